The minimum Gasteiger partial charge on any atom is -0.309 e. The molecule has 0 saturated carbocycles. The smallest absolute Gasteiger partial charge is 0.0541 e. The van der Waals surface area contributed by atoms with E-state index in [9.17, 15) is 0 Å². The van der Waals surface area contributed by atoms with Gasteiger partial charge < -0.3 is 4.57 Å². The maximum Gasteiger partial charge on any atom is 0.0541 e. The van der Waals surface area contributed by atoms with E-state index in [-0.39, 0.29) is 0 Å². The van der Waals surface area contributed by atoms with E-state index in [4.69, 9.17) is 0 Å². The molecule has 0 aliphatic heterocycles. The summed E-state index contributed by atoms with van der Waals surface area (Å²) in [4.78, 5) is 0. The van der Waals surface area contributed by atoms with Crippen LogP contribution >= 0.6 is 22.7 Å². The Morgan fingerprint density at radius 2 is 0.419 bits per heavy atom. The van der Waals surface area contributed by atoms with Gasteiger partial charge in [0.1, 0.15) is 0 Å². The van der Waals surface area contributed by atoms with Gasteiger partial charge in [-0.15, -0.1) is 22.7 Å². The molecule has 25 aromatic rings. The molecular weight excluding hydrogens is 1450 g/mol. The Kier molecular flexibility index (Phi) is 14.6. The Bertz CT molecular complexity index is 8510. The number of thiophene rings is 2. The molecule has 0 atom stereocenters. The molecule has 0 radical (unpaired) electrons. The van der Waals surface area contributed by atoms with E-state index in [1.54, 1.807) is 0 Å². The van der Waals surface area contributed by atoms with E-state index in [0.29, 0.717) is 0 Å². The molecule has 1 nitrogen and oxygen atoms in total. The summed E-state index contributed by atoms with van der Waals surface area (Å²) in [5.41, 5.74) is 22.8. The van der Waals surface area contributed by atoms with Gasteiger partial charge >= 0.3 is 0 Å². The van der Waals surface area contributed by atoms with Gasteiger partial charge in [0.05, 0.1) is 11.0 Å². The van der Waals surface area contributed by atoms with Crippen molar-refractivity contribution in [3.8, 4) is 94.7 Å². The van der Waals surface area contributed by atoms with Crippen LogP contribution in [-0.2, 0) is 0 Å². The van der Waals surface area contributed by atoms with Crippen molar-refractivity contribution in [2.24, 2.45) is 0 Å². The Morgan fingerprint density at radius 3 is 0.923 bits per heavy atom. The highest BCUT2D eigenvalue weighted by Crippen LogP contribution is 2.51. The SMILES string of the molecule is c1cc(-c2ccc3c4ccccc4c4ccc(-c5ccc6c7ccccc7c7cc(-c8cccc(-n9c%10ccccc%10c%10ccccc%109)c8)ccc7c6c5)cc4c3c2)cc(-c2cccc3c2sc2c(-c4ccccc4-c4cc(-c5ccc6c7ccccc7c7ccccc7c6c5)cc(-c5cccc6c5sc5ccccc56)c4)cccc23)c1. The minimum atomic E-state index is 1.15. The monoisotopic (exact) mass is 1510 g/mol. The zero-order chi connectivity index (χ0) is 76.5. The lowest BCUT2D eigenvalue weighted by molar-refractivity contribution is 1.18. The molecular formula is C114H67NS2. The first-order chi connectivity index (χ1) is 58.0. The zero-order valence-electron chi connectivity index (χ0n) is 63.4. The molecule has 540 valence electrons. The largest absolute Gasteiger partial charge is 0.309 e. The number of hydrogen-bond acceptors (Lipinski definition) is 2. The predicted octanol–water partition coefficient (Wildman–Crippen LogP) is 33.2. The maximum absolute atomic E-state index is 2.46. The van der Waals surface area contributed by atoms with Gasteiger partial charge in [-0.1, -0.05) is 322 Å². The van der Waals surface area contributed by atoms with E-state index in [0.717, 1.165) is 5.69 Å². The van der Waals surface area contributed by atoms with Crippen LogP contribution in [0.25, 0.3) is 254 Å². The third-order valence-corrected chi connectivity index (χ3v) is 27.8. The lowest BCUT2D eigenvalue weighted by Gasteiger charge is -2.16. The highest BCUT2D eigenvalue weighted by molar-refractivity contribution is 7.27. The van der Waals surface area contributed by atoms with Crippen LogP contribution in [0.1, 0.15) is 0 Å². The van der Waals surface area contributed by atoms with Crippen molar-refractivity contribution in [3.63, 3.8) is 0 Å². The van der Waals surface area contributed by atoms with Crippen molar-refractivity contribution >= 4 is 182 Å². The fourth-order valence-corrected chi connectivity index (χ4v) is 22.5. The van der Waals surface area contributed by atoms with Gasteiger partial charge in [0.15, 0.2) is 0 Å². The van der Waals surface area contributed by atoms with Crippen LogP contribution in [0.15, 0.2) is 406 Å². The van der Waals surface area contributed by atoms with Gasteiger partial charge in [-0.2, -0.15) is 0 Å². The fourth-order valence-electron chi connectivity index (χ4n) is 19.9. The van der Waals surface area contributed by atoms with Gasteiger partial charge in [0, 0.05) is 62.4 Å². The molecule has 0 aliphatic carbocycles. The predicted molar refractivity (Wildman–Crippen MR) is 508 cm³/mol. The third-order valence-electron chi connectivity index (χ3n) is 25.3. The standard InChI is InChI=1S/C114H67NS2/c1-2-27-83(80(26-1)77-59-76(60-78(61-77)82-40-20-42-101-99-38-13-16-47-111(99)116-112(82)101)74-52-56-92-86-30-4-3-28-84(86)85-29-7-9-34-90(85)104(92)67-74)100-41-21-44-103-102-43-19-39-81(113(102)117-114(100)103)75-24-17-22-68(58-75)70-48-54-94-87-31-5-6-32-88(87)95-55-50-73(66-108(95)107(94)65-70)72-49-53-93-89-33-8-10-35-91(89)105-63-71(51-57-96(105)106(93)64-72)69-23-18-25-79(62-69)115-109-45-14-11-36-97(109)98-37-12-15-46-110(98)115/h1-67H. The number of rotatable bonds is 9. The number of fused-ring (bicyclic) bond motifs is 27. The Morgan fingerprint density at radius 1 is 0.137 bits per heavy atom. The molecule has 0 amide bonds. The minimum absolute atomic E-state index is 1.15. The molecule has 3 heterocycles. The van der Waals surface area contributed by atoms with Gasteiger partial charge in [-0.3, -0.25) is 0 Å². The zero-order valence-corrected chi connectivity index (χ0v) is 65.1. The van der Waals surface area contributed by atoms with E-state index in [2.05, 4.69) is 411 Å². The maximum atomic E-state index is 2.46. The molecule has 0 unspecified atom stereocenters. The molecule has 0 saturated heterocycles. The van der Waals surface area contributed by atoms with Gasteiger partial charge in [-0.25, -0.2) is 0 Å². The van der Waals surface area contributed by atoms with Crippen molar-refractivity contribution < 1.29 is 0 Å². The third kappa shape index (κ3) is 10.3. The molecule has 0 fully saturated rings. The normalized spacial score (nSPS) is 12.1. The molecule has 0 spiro atoms. The van der Waals surface area contributed by atoms with Crippen molar-refractivity contribution in [1.29, 1.82) is 0 Å². The van der Waals surface area contributed by atoms with Gasteiger partial charge in [-0.05, 0) is 265 Å². The molecule has 22 aromatic carbocycles. The average Bonchev–Trinajstić information content (AvgIpc) is 1.74. The lowest BCUT2D eigenvalue weighted by atomic mass is 9.88. The summed E-state index contributed by atoms with van der Waals surface area (Å²) < 4.78 is 7.59. The summed E-state index contributed by atoms with van der Waals surface area (Å²) in [7, 11) is 0. The van der Waals surface area contributed by atoms with Crippen molar-refractivity contribution in [2.75, 3.05) is 0 Å². The fraction of sp³-hybridized carbons (Fsp3) is 0. The second kappa shape index (κ2) is 26.0. The molecule has 3 heteroatoms. The number of hydrogen-bond donors (Lipinski definition) is 0. The second-order valence-electron chi connectivity index (χ2n) is 31.6. The Hall–Kier alpha value is -14.6. The van der Waals surface area contributed by atoms with E-state index in [1.807, 2.05) is 22.7 Å². The molecule has 0 aliphatic rings. The summed E-state index contributed by atoms with van der Waals surface area (Å²) >= 11 is 3.82. The summed E-state index contributed by atoms with van der Waals surface area (Å²) in [6.45, 7) is 0. The molecule has 0 N–H and O–H groups in total. The summed E-state index contributed by atoms with van der Waals surface area (Å²) in [6, 6.07) is 153. The van der Waals surface area contributed by atoms with Gasteiger partial charge in [0.2, 0.25) is 0 Å². The van der Waals surface area contributed by atoms with E-state index in [1.165, 1.54) is 248 Å². The number of aromatic nitrogens is 1. The van der Waals surface area contributed by atoms with Crippen LogP contribution < -0.4 is 0 Å². The van der Waals surface area contributed by atoms with Crippen LogP contribution in [0.5, 0.6) is 0 Å². The highest BCUT2D eigenvalue weighted by atomic mass is 32.1. The molecule has 0 bridgehead atoms. The summed E-state index contributed by atoms with van der Waals surface area (Å²) in [5.74, 6) is 0. The van der Waals surface area contributed by atoms with Crippen LogP contribution in [0.4, 0.5) is 0 Å². The van der Waals surface area contributed by atoms with Gasteiger partial charge in [0.25, 0.3) is 0 Å². The van der Waals surface area contributed by atoms with Crippen molar-refractivity contribution in [2.45, 2.75) is 0 Å². The average molecular weight is 1510 g/mol. The number of para-hydroxylation sites is 2. The molecule has 117 heavy (non-hydrogen) atoms. The quantitative estimate of drug-likeness (QED) is 0.127. The highest BCUT2D eigenvalue weighted by Gasteiger charge is 2.23. The first kappa shape index (κ1) is 65.9. The van der Waals surface area contributed by atoms with E-state index >= 15 is 0 Å². The van der Waals surface area contributed by atoms with Crippen LogP contribution in [-0.4, -0.2) is 4.57 Å². The van der Waals surface area contributed by atoms with Crippen LogP contribution in [0.2, 0.25) is 0 Å². The van der Waals surface area contributed by atoms with Crippen LogP contribution in [0, 0.1) is 0 Å². The lowest BCUT2D eigenvalue weighted by Crippen LogP contribution is -1.94. The molecule has 25 rings (SSSR count). The second-order valence-corrected chi connectivity index (χ2v) is 33.6. The number of nitrogens with zero attached hydrogens (tertiary/aromatic N) is 1. The topological polar surface area (TPSA) is 4.93 Å². The van der Waals surface area contributed by atoms with Crippen molar-refractivity contribution in [1.82, 2.24) is 4.57 Å². The number of benzene rings is 22. The first-order valence-electron chi connectivity index (χ1n) is 40.4. The Labute approximate surface area is 682 Å². The van der Waals surface area contributed by atoms with Crippen LogP contribution in [0.3, 0.4) is 0 Å². The summed E-state index contributed by atoms with van der Waals surface area (Å²) in [5, 5.41) is 30.3. The van der Waals surface area contributed by atoms with E-state index < -0.39 is 0 Å². The summed E-state index contributed by atoms with van der Waals surface area (Å²) in [6.07, 6.45) is 0. The first-order valence-corrected chi connectivity index (χ1v) is 42.0. The van der Waals surface area contributed by atoms with Crippen molar-refractivity contribution in [3.05, 3.63) is 406 Å². The Balaban J connectivity index is 0.591. The molecule has 3 aromatic heterocycles.